The van der Waals surface area contributed by atoms with Crippen molar-refractivity contribution in [3.8, 4) is 5.75 Å². The summed E-state index contributed by atoms with van der Waals surface area (Å²) < 4.78 is 0. The van der Waals surface area contributed by atoms with E-state index < -0.39 is 0 Å². The Morgan fingerprint density at radius 3 is 2.47 bits per heavy atom. The third-order valence-corrected chi connectivity index (χ3v) is 3.67. The number of rotatable bonds is 1. The number of benzene rings is 2. The van der Waals surface area contributed by atoms with Crippen LogP contribution in [0, 0.1) is 0 Å². The molecule has 1 heterocycles. The normalized spacial score (nSPS) is 13.8. The Kier molecular flexibility index (Phi) is 2.88. The summed E-state index contributed by atoms with van der Waals surface area (Å²) in [5.41, 5.74) is 1.96. The van der Waals surface area contributed by atoms with Crippen LogP contribution in [0.1, 0.15) is 5.56 Å². The summed E-state index contributed by atoms with van der Waals surface area (Å²) in [7, 11) is 0. The Bertz CT molecular complexity index is 665. The monoisotopic (exact) mass is 293 g/mol. The van der Waals surface area contributed by atoms with Crippen LogP contribution in [0.2, 0.25) is 10.0 Å². The maximum absolute atomic E-state index is 12.2. The van der Waals surface area contributed by atoms with Crippen LogP contribution in [0.15, 0.2) is 36.4 Å². The van der Waals surface area contributed by atoms with Crippen molar-refractivity contribution in [1.82, 2.24) is 0 Å². The van der Waals surface area contributed by atoms with Gasteiger partial charge in [0.25, 0.3) is 0 Å². The SMILES string of the molecule is O=C1Cc2cc(O)ccc2N1c1c(Cl)cccc1Cl. The molecular formula is C14H9Cl2NO2. The van der Waals surface area contributed by atoms with Crippen LogP contribution >= 0.6 is 23.2 Å². The first kappa shape index (κ1) is 12.3. The molecule has 0 bridgehead atoms. The molecule has 0 aromatic heterocycles. The summed E-state index contributed by atoms with van der Waals surface area (Å²) in [5.74, 6) is 0.0225. The average molecular weight is 294 g/mol. The molecule has 96 valence electrons. The smallest absolute Gasteiger partial charge is 0.236 e. The third-order valence-electron chi connectivity index (χ3n) is 3.06. The summed E-state index contributed by atoms with van der Waals surface area (Å²) in [5, 5.41) is 10.3. The van der Waals surface area contributed by atoms with Crippen molar-refractivity contribution < 1.29 is 9.90 Å². The highest BCUT2D eigenvalue weighted by molar-refractivity contribution is 6.40. The molecule has 3 rings (SSSR count). The summed E-state index contributed by atoms with van der Waals surface area (Å²) in [6.45, 7) is 0. The van der Waals surface area contributed by atoms with Gasteiger partial charge in [-0.25, -0.2) is 0 Å². The van der Waals surface area contributed by atoms with E-state index in [1.54, 1.807) is 30.3 Å². The molecule has 1 aliphatic rings. The van der Waals surface area contributed by atoms with Gasteiger partial charge in [-0.2, -0.15) is 0 Å². The van der Waals surface area contributed by atoms with Crippen molar-refractivity contribution in [2.45, 2.75) is 6.42 Å². The molecule has 1 aliphatic heterocycles. The van der Waals surface area contributed by atoms with Gasteiger partial charge < -0.3 is 5.11 Å². The Morgan fingerprint density at radius 2 is 1.79 bits per heavy atom. The van der Waals surface area contributed by atoms with E-state index in [-0.39, 0.29) is 18.1 Å². The number of anilines is 2. The van der Waals surface area contributed by atoms with Crippen molar-refractivity contribution in [1.29, 1.82) is 0 Å². The zero-order valence-corrected chi connectivity index (χ0v) is 11.2. The molecular weight excluding hydrogens is 285 g/mol. The molecule has 0 aliphatic carbocycles. The maximum atomic E-state index is 12.2. The van der Waals surface area contributed by atoms with Gasteiger partial charge in [0.15, 0.2) is 0 Å². The van der Waals surface area contributed by atoms with Crippen molar-refractivity contribution in [3.63, 3.8) is 0 Å². The van der Waals surface area contributed by atoms with E-state index in [4.69, 9.17) is 23.2 Å². The van der Waals surface area contributed by atoms with E-state index in [1.165, 1.54) is 11.0 Å². The summed E-state index contributed by atoms with van der Waals surface area (Å²) >= 11 is 12.3. The summed E-state index contributed by atoms with van der Waals surface area (Å²) in [6.07, 6.45) is 0.227. The summed E-state index contributed by atoms with van der Waals surface area (Å²) in [6, 6.07) is 9.91. The van der Waals surface area contributed by atoms with Crippen LogP contribution in [-0.4, -0.2) is 11.0 Å². The largest absolute Gasteiger partial charge is 0.508 e. The van der Waals surface area contributed by atoms with Crippen molar-refractivity contribution in [3.05, 3.63) is 52.0 Å². The van der Waals surface area contributed by atoms with Gasteiger partial charge in [-0.05, 0) is 35.9 Å². The molecule has 2 aromatic carbocycles. The van der Waals surface area contributed by atoms with Gasteiger partial charge in [0.1, 0.15) is 5.75 Å². The van der Waals surface area contributed by atoms with Crippen molar-refractivity contribution in [2.24, 2.45) is 0 Å². The molecule has 0 unspecified atom stereocenters. The lowest BCUT2D eigenvalue weighted by atomic mass is 10.1. The lowest BCUT2D eigenvalue weighted by Gasteiger charge is -2.20. The molecule has 0 radical (unpaired) electrons. The standard InChI is InChI=1S/C14H9Cl2NO2/c15-10-2-1-3-11(16)14(10)17-12-5-4-9(18)6-8(12)7-13(17)19/h1-6,18H,7H2. The zero-order chi connectivity index (χ0) is 13.6. The number of carbonyl (C=O) groups is 1. The van der Waals surface area contributed by atoms with Crippen LogP contribution in [0.5, 0.6) is 5.75 Å². The minimum absolute atomic E-state index is 0.115. The molecule has 0 atom stereocenters. The fourth-order valence-electron chi connectivity index (χ4n) is 2.26. The molecule has 0 spiro atoms. The second-order valence-electron chi connectivity index (χ2n) is 4.29. The highest BCUT2D eigenvalue weighted by atomic mass is 35.5. The minimum atomic E-state index is -0.115. The number of phenolic OH excluding ortho intramolecular Hbond substituents is 1. The number of fused-ring (bicyclic) bond motifs is 1. The Hall–Kier alpha value is -1.71. The summed E-state index contributed by atoms with van der Waals surface area (Å²) in [4.78, 5) is 13.7. The molecule has 3 nitrogen and oxygen atoms in total. The molecule has 1 amide bonds. The molecule has 0 saturated carbocycles. The first-order chi connectivity index (χ1) is 9.08. The van der Waals surface area contributed by atoms with Gasteiger partial charge >= 0.3 is 0 Å². The number of hydrogen-bond donors (Lipinski definition) is 1. The van der Waals surface area contributed by atoms with Gasteiger partial charge in [-0.3, -0.25) is 9.69 Å². The zero-order valence-electron chi connectivity index (χ0n) is 9.73. The number of aromatic hydroxyl groups is 1. The van der Waals surface area contributed by atoms with Gasteiger partial charge in [0, 0.05) is 0 Å². The fraction of sp³-hybridized carbons (Fsp3) is 0.0714. The highest BCUT2D eigenvalue weighted by Gasteiger charge is 2.31. The molecule has 1 N–H and O–H groups in total. The number of para-hydroxylation sites is 1. The van der Waals surface area contributed by atoms with E-state index in [0.29, 0.717) is 21.4 Å². The van der Waals surface area contributed by atoms with Gasteiger partial charge in [-0.15, -0.1) is 0 Å². The number of hydrogen-bond acceptors (Lipinski definition) is 2. The number of halogens is 2. The highest BCUT2D eigenvalue weighted by Crippen LogP contribution is 2.43. The van der Waals surface area contributed by atoms with Crippen LogP contribution in [0.25, 0.3) is 0 Å². The first-order valence-electron chi connectivity index (χ1n) is 5.67. The van der Waals surface area contributed by atoms with Gasteiger partial charge in [0.05, 0.1) is 27.8 Å². The van der Waals surface area contributed by atoms with E-state index in [1.807, 2.05) is 0 Å². The lowest BCUT2D eigenvalue weighted by Crippen LogP contribution is -2.21. The van der Waals surface area contributed by atoms with Crippen LogP contribution in [0.3, 0.4) is 0 Å². The topological polar surface area (TPSA) is 40.5 Å². The third kappa shape index (κ3) is 1.95. The lowest BCUT2D eigenvalue weighted by molar-refractivity contribution is -0.116. The van der Waals surface area contributed by atoms with Crippen LogP contribution < -0.4 is 4.90 Å². The number of carbonyl (C=O) groups excluding carboxylic acids is 1. The molecule has 2 aromatic rings. The molecule has 0 saturated heterocycles. The second-order valence-corrected chi connectivity index (χ2v) is 5.10. The van der Waals surface area contributed by atoms with E-state index in [2.05, 4.69) is 0 Å². The Morgan fingerprint density at radius 1 is 1.11 bits per heavy atom. The first-order valence-corrected chi connectivity index (χ1v) is 6.42. The van der Waals surface area contributed by atoms with E-state index in [9.17, 15) is 9.90 Å². The number of phenols is 1. The second kappa shape index (κ2) is 4.44. The molecule has 19 heavy (non-hydrogen) atoms. The maximum Gasteiger partial charge on any atom is 0.236 e. The number of amides is 1. The quantitative estimate of drug-likeness (QED) is 0.866. The van der Waals surface area contributed by atoms with Gasteiger partial charge in [-0.1, -0.05) is 29.3 Å². The minimum Gasteiger partial charge on any atom is -0.508 e. The average Bonchev–Trinajstić information content (AvgIpc) is 2.65. The fourth-order valence-corrected chi connectivity index (χ4v) is 2.82. The predicted octanol–water partition coefficient (Wildman–Crippen LogP) is 3.92. The van der Waals surface area contributed by atoms with Crippen LogP contribution in [0.4, 0.5) is 11.4 Å². The van der Waals surface area contributed by atoms with Gasteiger partial charge in [0.2, 0.25) is 5.91 Å². The Labute approximate surface area is 120 Å². The van der Waals surface area contributed by atoms with Crippen molar-refractivity contribution >= 4 is 40.5 Å². The van der Waals surface area contributed by atoms with Crippen molar-refractivity contribution in [2.75, 3.05) is 4.90 Å². The Balaban J connectivity index is 2.20. The molecule has 0 fully saturated rings. The van der Waals surface area contributed by atoms with Crippen LogP contribution in [-0.2, 0) is 11.2 Å². The predicted molar refractivity (Wildman–Crippen MR) is 75.4 cm³/mol. The number of nitrogens with zero attached hydrogens (tertiary/aromatic N) is 1. The van der Waals surface area contributed by atoms with E-state index in [0.717, 1.165) is 5.56 Å². The van der Waals surface area contributed by atoms with E-state index >= 15 is 0 Å². The molecule has 5 heteroatoms.